The van der Waals surface area contributed by atoms with Gasteiger partial charge in [-0.1, -0.05) is 232 Å². The van der Waals surface area contributed by atoms with Gasteiger partial charge in [0.25, 0.3) is 0 Å². The van der Waals surface area contributed by atoms with Crippen molar-refractivity contribution in [2.24, 2.45) is 0 Å². The predicted molar refractivity (Wildman–Crippen MR) is 272 cm³/mol. The molecule has 410 valence electrons. The van der Waals surface area contributed by atoms with Crippen molar-refractivity contribution in [3.05, 3.63) is 0 Å². The Morgan fingerprint density at radius 3 is 1.23 bits per heavy atom. The van der Waals surface area contributed by atoms with Crippen LogP contribution in [-0.4, -0.2) is 140 Å². The summed E-state index contributed by atoms with van der Waals surface area (Å²) >= 11 is 0. The van der Waals surface area contributed by atoms with E-state index in [-0.39, 0.29) is 12.5 Å². The minimum absolute atomic E-state index is 0.201. The number of aliphatic hydroxyl groups excluding tert-OH is 8. The van der Waals surface area contributed by atoms with Crippen LogP contribution in [0, 0.1) is 0 Å². The van der Waals surface area contributed by atoms with E-state index in [9.17, 15) is 45.6 Å². The van der Waals surface area contributed by atoms with Crippen molar-refractivity contribution in [3.63, 3.8) is 0 Å². The summed E-state index contributed by atoms with van der Waals surface area (Å²) in [5, 5.41) is 87.2. The predicted octanol–water partition coefficient (Wildman–Crippen LogP) is 8.95. The van der Waals surface area contributed by atoms with E-state index >= 15 is 0 Å². The molecule has 0 bridgehead atoms. The molecular weight excluding hydrogens is 883 g/mol. The second-order valence-electron chi connectivity index (χ2n) is 20.8. The van der Waals surface area contributed by atoms with E-state index in [1.807, 2.05) is 0 Å². The van der Waals surface area contributed by atoms with Gasteiger partial charge in [-0.15, -0.1) is 0 Å². The molecule has 2 fully saturated rings. The summed E-state index contributed by atoms with van der Waals surface area (Å²) in [6.45, 7) is 2.89. The van der Waals surface area contributed by atoms with Crippen molar-refractivity contribution >= 4 is 5.91 Å². The standard InChI is InChI=1S/C55H107NO13/c1-3-5-7-9-11-13-15-17-19-21-23-25-27-29-31-33-35-37-39-47(60)56-43(44(59)38-36-34-32-30-28-26-24-22-20-18-16-14-12-10-8-6-4-2)42-66-54-52(65)50(63)53(46(41-58)68-54)69-55-51(64)49(62)48(61)45(40-57)67-55/h43-46,48-55,57-59,61-65H,3-42H2,1-2H3,(H,56,60). The smallest absolute Gasteiger partial charge is 0.220 e. The molecule has 14 nitrogen and oxygen atoms in total. The number of hydrogen-bond acceptors (Lipinski definition) is 13. The van der Waals surface area contributed by atoms with Crippen molar-refractivity contribution < 1.29 is 64.6 Å². The molecule has 12 unspecified atom stereocenters. The molecule has 0 aliphatic carbocycles. The molecule has 2 rings (SSSR count). The zero-order chi connectivity index (χ0) is 50.3. The third-order valence-corrected chi connectivity index (χ3v) is 14.6. The Morgan fingerprint density at radius 1 is 0.464 bits per heavy atom. The first kappa shape index (κ1) is 64.1. The van der Waals surface area contributed by atoms with Crippen LogP contribution in [0.2, 0.25) is 0 Å². The summed E-state index contributed by atoms with van der Waals surface area (Å²) in [5.41, 5.74) is 0. The number of hydrogen-bond donors (Lipinski definition) is 9. The van der Waals surface area contributed by atoms with Crippen LogP contribution in [-0.2, 0) is 23.7 Å². The maximum Gasteiger partial charge on any atom is 0.220 e. The second-order valence-corrected chi connectivity index (χ2v) is 20.8. The quantitative estimate of drug-likeness (QED) is 0.0260. The lowest BCUT2D eigenvalue weighted by molar-refractivity contribution is -0.359. The summed E-state index contributed by atoms with van der Waals surface area (Å²) in [7, 11) is 0. The highest BCUT2D eigenvalue weighted by Gasteiger charge is 2.51. The van der Waals surface area contributed by atoms with Gasteiger partial charge in [-0.05, 0) is 12.8 Å². The number of carbonyl (C=O) groups is 1. The van der Waals surface area contributed by atoms with Crippen molar-refractivity contribution in [2.75, 3.05) is 19.8 Å². The van der Waals surface area contributed by atoms with Crippen molar-refractivity contribution in [1.82, 2.24) is 5.32 Å². The van der Waals surface area contributed by atoms with Gasteiger partial charge in [0.15, 0.2) is 12.6 Å². The van der Waals surface area contributed by atoms with Gasteiger partial charge in [0.05, 0.1) is 32.0 Å². The molecule has 0 saturated carbocycles. The summed E-state index contributed by atoms with van der Waals surface area (Å²) in [6.07, 6.45) is 28.1. The Balaban J connectivity index is 1.77. The van der Waals surface area contributed by atoms with Gasteiger partial charge in [0, 0.05) is 6.42 Å². The average Bonchev–Trinajstić information content (AvgIpc) is 3.35. The Labute approximate surface area is 419 Å². The number of carbonyl (C=O) groups excluding carboxylic acids is 1. The highest BCUT2D eigenvalue weighted by Crippen LogP contribution is 2.30. The fourth-order valence-electron chi connectivity index (χ4n) is 9.89. The number of unbranched alkanes of at least 4 members (excludes halogenated alkanes) is 33. The lowest BCUT2D eigenvalue weighted by atomic mass is 9.97. The van der Waals surface area contributed by atoms with Crippen LogP contribution < -0.4 is 5.32 Å². The fraction of sp³-hybridized carbons (Fsp3) is 0.982. The van der Waals surface area contributed by atoms with E-state index in [1.165, 1.54) is 173 Å². The number of nitrogens with one attached hydrogen (secondary N) is 1. The first-order chi connectivity index (χ1) is 33.6. The molecule has 2 saturated heterocycles. The molecule has 2 aliphatic heterocycles. The molecule has 0 aromatic carbocycles. The zero-order valence-corrected chi connectivity index (χ0v) is 43.8. The topological polar surface area (TPSA) is 228 Å². The summed E-state index contributed by atoms with van der Waals surface area (Å²) in [6, 6.07) is -0.822. The van der Waals surface area contributed by atoms with Gasteiger partial charge in [-0.2, -0.15) is 0 Å². The second kappa shape index (κ2) is 42.4. The van der Waals surface area contributed by atoms with Crippen molar-refractivity contribution in [2.45, 2.75) is 325 Å². The van der Waals surface area contributed by atoms with Crippen LogP contribution in [0.5, 0.6) is 0 Å². The van der Waals surface area contributed by atoms with E-state index in [0.29, 0.717) is 12.8 Å². The Bertz CT molecular complexity index is 1170. The highest BCUT2D eigenvalue weighted by molar-refractivity contribution is 5.76. The third-order valence-electron chi connectivity index (χ3n) is 14.6. The van der Waals surface area contributed by atoms with Crippen LogP contribution in [0.1, 0.15) is 251 Å². The van der Waals surface area contributed by atoms with Crippen LogP contribution in [0.4, 0.5) is 0 Å². The lowest BCUT2D eigenvalue weighted by Crippen LogP contribution is -2.65. The SMILES string of the molecule is CCCCCCCCCCCCCCCCCCCCC(=O)NC(COC1OC(CO)C(OC2OC(CO)C(O)C(O)C2O)C(O)C1O)C(O)CCCCCCCCCCCCCCCCCCC. The molecule has 2 aliphatic rings. The van der Waals surface area contributed by atoms with Gasteiger partial charge >= 0.3 is 0 Å². The normalized spacial score (nSPS) is 26.1. The highest BCUT2D eigenvalue weighted by atomic mass is 16.7. The van der Waals surface area contributed by atoms with Gasteiger partial charge in [0.1, 0.15) is 48.8 Å². The van der Waals surface area contributed by atoms with Gasteiger partial charge in [-0.25, -0.2) is 0 Å². The monoisotopic (exact) mass is 990 g/mol. The van der Waals surface area contributed by atoms with Gasteiger partial charge in [0.2, 0.25) is 5.91 Å². The molecule has 1 amide bonds. The van der Waals surface area contributed by atoms with Crippen LogP contribution in [0.3, 0.4) is 0 Å². The molecule has 9 N–H and O–H groups in total. The van der Waals surface area contributed by atoms with E-state index in [4.69, 9.17) is 18.9 Å². The van der Waals surface area contributed by atoms with E-state index in [1.54, 1.807) is 0 Å². The summed E-state index contributed by atoms with van der Waals surface area (Å²) in [5.74, 6) is -0.201. The molecule has 0 aromatic heterocycles. The number of ether oxygens (including phenoxy) is 4. The average molecular weight is 990 g/mol. The maximum atomic E-state index is 13.2. The molecule has 69 heavy (non-hydrogen) atoms. The zero-order valence-electron chi connectivity index (χ0n) is 43.8. The summed E-state index contributed by atoms with van der Waals surface area (Å²) in [4.78, 5) is 13.2. The molecule has 14 heteroatoms. The summed E-state index contributed by atoms with van der Waals surface area (Å²) < 4.78 is 22.8. The fourth-order valence-corrected chi connectivity index (χ4v) is 9.89. The van der Waals surface area contributed by atoms with E-state index in [2.05, 4.69) is 19.2 Å². The molecule has 0 aromatic rings. The van der Waals surface area contributed by atoms with E-state index in [0.717, 1.165) is 51.4 Å². The van der Waals surface area contributed by atoms with Gasteiger partial charge < -0.3 is 65.1 Å². The maximum absolute atomic E-state index is 13.2. The number of rotatable bonds is 46. The third kappa shape index (κ3) is 28.9. The molecule has 2 heterocycles. The Morgan fingerprint density at radius 2 is 0.826 bits per heavy atom. The largest absolute Gasteiger partial charge is 0.394 e. The van der Waals surface area contributed by atoms with Crippen molar-refractivity contribution in [1.29, 1.82) is 0 Å². The minimum atomic E-state index is -1.78. The molecule has 12 atom stereocenters. The Hall–Kier alpha value is -1.01. The van der Waals surface area contributed by atoms with Crippen molar-refractivity contribution in [3.8, 4) is 0 Å². The molecule has 0 spiro atoms. The van der Waals surface area contributed by atoms with E-state index < -0.39 is 86.8 Å². The first-order valence-electron chi connectivity index (χ1n) is 28.8. The minimum Gasteiger partial charge on any atom is -0.394 e. The number of aliphatic hydroxyl groups is 8. The van der Waals surface area contributed by atoms with Gasteiger partial charge in [-0.3, -0.25) is 4.79 Å². The van der Waals surface area contributed by atoms with Crippen LogP contribution in [0.15, 0.2) is 0 Å². The molecule has 0 radical (unpaired) electrons. The Kier molecular flexibility index (Phi) is 39.4. The lowest BCUT2D eigenvalue weighted by Gasteiger charge is -2.46. The van der Waals surface area contributed by atoms with Crippen LogP contribution in [0.25, 0.3) is 0 Å². The van der Waals surface area contributed by atoms with Crippen LogP contribution >= 0.6 is 0 Å². The first-order valence-corrected chi connectivity index (χ1v) is 28.8. The molecular formula is C55H107NO13. The number of amides is 1.